The van der Waals surface area contributed by atoms with Crippen LogP contribution in [0.25, 0.3) is 0 Å². The monoisotopic (exact) mass is 512 g/mol. The minimum atomic E-state index is -0.198. The summed E-state index contributed by atoms with van der Waals surface area (Å²) < 4.78 is 11.9. The van der Waals surface area contributed by atoms with Crippen molar-refractivity contribution in [1.82, 2.24) is 9.80 Å². The topological polar surface area (TPSA) is 63.0 Å². The van der Waals surface area contributed by atoms with E-state index in [1.54, 1.807) is 12.1 Å². The van der Waals surface area contributed by atoms with Crippen LogP contribution in [0.1, 0.15) is 61.6 Å². The van der Waals surface area contributed by atoms with Gasteiger partial charge < -0.3 is 19.0 Å². The predicted molar refractivity (Wildman–Crippen MR) is 142 cm³/mol. The number of likely N-dealkylation sites (tertiary alicyclic amines) is 1. The summed E-state index contributed by atoms with van der Waals surface area (Å²) in [5.41, 5.74) is 3.36. The van der Waals surface area contributed by atoms with E-state index in [0.29, 0.717) is 23.8 Å². The third kappa shape index (κ3) is 4.79. The lowest BCUT2D eigenvalue weighted by Crippen LogP contribution is -2.40. The lowest BCUT2D eigenvalue weighted by atomic mass is 9.88. The zero-order valence-corrected chi connectivity index (χ0v) is 21.3. The minimum Gasteiger partial charge on any atom is -0.486 e. The zero-order chi connectivity index (χ0) is 25.2. The van der Waals surface area contributed by atoms with E-state index >= 15 is 0 Å². The molecule has 2 aliphatic rings. The highest BCUT2D eigenvalue weighted by atomic mass is 32.1. The Labute approximate surface area is 220 Å². The molecule has 0 aliphatic carbocycles. The van der Waals surface area contributed by atoms with E-state index in [9.17, 15) is 9.59 Å². The Morgan fingerprint density at radius 3 is 2.54 bits per heavy atom. The number of hydrogen-bond acceptors (Lipinski definition) is 5. The van der Waals surface area contributed by atoms with E-state index in [2.05, 4.69) is 18.2 Å². The number of hydrogen-bond donors (Lipinski definition) is 0. The second-order valence-corrected chi connectivity index (χ2v) is 10.4. The van der Waals surface area contributed by atoms with Crippen molar-refractivity contribution in [1.29, 1.82) is 0 Å². The Hall–Kier alpha value is -3.84. The zero-order valence-electron chi connectivity index (χ0n) is 20.5. The van der Waals surface area contributed by atoms with Crippen molar-refractivity contribution in [3.63, 3.8) is 0 Å². The molecule has 0 saturated carbocycles. The van der Waals surface area contributed by atoms with Gasteiger partial charge in [-0.05, 0) is 71.7 Å². The molecule has 188 valence electrons. The number of carbonyl (C=O) groups is 2. The minimum absolute atomic E-state index is 0.0478. The molecule has 2 amide bonds. The smallest absolute Gasteiger partial charge is 0.289 e. The van der Waals surface area contributed by atoms with E-state index in [0.717, 1.165) is 48.4 Å². The van der Waals surface area contributed by atoms with Crippen LogP contribution in [0.2, 0.25) is 0 Å². The average molecular weight is 513 g/mol. The van der Waals surface area contributed by atoms with E-state index in [1.807, 2.05) is 57.6 Å². The molecule has 1 atom stereocenters. The van der Waals surface area contributed by atoms with E-state index in [-0.39, 0.29) is 24.5 Å². The fraction of sp³-hybridized carbons (Fsp3) is 0.267. The fourth-order valence-corrected chi connectivity index (χ4v) is 5.92. The van der Waals surface area contributed by atoms with Crippen LogP contribution in [0.5, 0.6) is 5.75 Å². The van der Waals surface area contributed by atoms with Gasteiger partial charge in [0.2, 0.25) is 0 Å². The standard InChI is InChI=1S/C30H28N2O4S/c33-29(31-15-4-5-16-31)26-13-12-24(36-26)20-35-23-11-10-21-14-17-32(30(34)27-9-6-18-37-27)28(25(21)19-23)22-7-2-1-3-8-22/h1-3,6-13,18-19,28H,4-5,14-17,20H2. The van der Waals surface area contributed by atoms with Crippen LogP contribution in [0.15, 0.2) is 82.6 Å². The van der Waals surface area contributed by atoms with Crippen LogP contribution in [0.3, 0.4) is 0 Å². The molecule has 37 heavy (non-hydrogen) atoms. The van der Waals surface area contributed by atoms with Gasteiger partial charge in [0.25, 0.3) is 11.8 Å². The quantitative estimate of drug-likeness (QED) is 0.321. The molecule has 1 unspecified atom stereocenters. The number of carbonyl (C=O) groups excluding carboxylic acids is 2. The Balaban J connectivity index is 1.24. The van der Waals surface area contributed by atoms with Gasteiger partial charge in [-0.2, -0.15) is 0 Å². The molecule has 1 fully saturated rings. The van der Waals surface area contributed by atoms with Crippen LogP contribution in [0, 0.1) is 0 Å². The van der Waals surface area contributed by atoms with Crippen molar-refractivity contribution < 1.29 is 18.7 Å². The second kappa shape index (κ2) is 10.3. The van der Waals surface area contributed by atoms with Gasteiger partial charge in [0.05, 0.1) is 10.9 Å². The number of fused-ring (bicyclic) bond motifs is 1. The summed E-state index contributed by atoms with van der Waals surface area (Å²) in [5, 5.41) is 1.94. The van der Waals surface area contributed by atoms with E-state index in [1.165, 1.54) is 16.9 Å². The number of amides is 2. The number of nitrogens with zero attached hydrogens (tertiary/aromatic N) is 2. The molecule has 1 saturated heterocycles. The largest absolute Gasteiger partial charge is 0.486 e. The number of benzene rings is 2. The first-order valence-corrected chi connectivity index (χ1v) is 13.6. The van der Waals surface area contributed by atoms with Gasteiger partial charge in [-0.15, -0.1) is 11.3 Å². The normalized spacial score (nSPS) is 17.0. The summed E-state index contributed by atoms with van der Waals surface area (Å²) in [6.07, 6.45) is 2.87. The number of furan rings is 1. The molecule has 2 aromatic carbocycles. The summed E-state index contributed by atoms with van der Waals surface area (Å²) in [5.74, 6) is 1.66. The molecule has 6 nitrogen and oxygen atoms in total. The summed E-state index contributed by atoms with van der Waals surface area (Å²) in [6.45, 7) is 2.45. The van der Waals surface area contributed by atoms with Crippen LogP contribution in [0.4, 0.5) is 0 Å². The molecular formula is C30H28N2O4S. The van der Waals surface area contributed by atoms with Crippen LogP contribution in [-0.4, -0.2) is 41.2 Å². The first-order chi connectivity index (χ1) is 18.2. The Morgan fingerprint density at radius 2 is 1.76 bits per heavy atom. The highest BCUT2D eigenvalue weighted by molar-refractivity contribution is 7.12. The van der Waals surface area contributed by atoms with Gasteiger partial charge in [-0.1, -0.05) is 42.5 Å². The molecule has 2 aliphatic heterocycles. The molecule has 0 radical (unpaired) electrons. The van der Waals surface area contributed by atoms with Gasteiger partial charge in [-0.25, -0.2) is 0 Å². The van der Waals surface area contributed by atoms with Crippen molar-refractivity contribution in [2.24, 2.45) is 0 Å². The van der Waals surface area contributed by atoms with Crippen molar-refractivity contribution in [2.45, 2.75) is 31.9 Å². The third-order valence-electron chi connectivity index (χ3n) is 7.10. The van der Waals surface area contributed by atoms with Crippen LogP contribution >= 0.6 is 11.3 Å². The summed E-state index contributed by atoms with van der Waals surface area (Å²) in [4.78, 5) is 30.6. The molecule has 0 N–H and O–H groups in total. The average Bonchev–Trinajstić information content (AvgIpc) is 3.74. The first kappa shape index (κ1) is 23.6. The fourth-order valence-electron chi connectivity index (χ4n) is 5.24. The Kier molecular flexibility index (Phi) is 6.53. The first-order valence-electron chi connectivity index (χ1n) is 12.7. The molecular weight excluding hydrogens is 484 g/mol. The molecule has 2 aromatic heterocycles. The van der Waals surface area contributed by atoms with E-state index in [4.69, 9.17) is 9.15 Å². The summed E-state index contributed by atoms with van der Waals surface area (Å²) >= 11 is 1.47. The molecule has 0 spiro atoms. The van der Waals surface area contributed by atoms with Crippen molar-refractivity contribution in [3.8, 4) is 5.75 Å². The van der Waals surface area contributed by atoms with Gasteiger partial charge in [0.15, 0.2) is 5.76 Å². The lowest BCUT2D eigenvalue weighted by molar-refractivity contribution is 0.0698. The maximum absolute atomic E-state index is 13.5. The van der Waals surface area contributed by atoms with Gasteiger partial charge in [-0.3, -0.25) is 9.59 Å². The van der Waals surface area contributed by atoms with Gasteiger partial charge in [0.1, 0.15) is 18.1 Å². The molecule has 4 heterocycles. The number of ether oxygens (including phenoxy) is 1. The predicted octanol–water partition coefficient (Wildman–Crippen LogP) is 5.94. The Morgan fingerprint density at radius 1 is 0.919 bits per heavy atom. The SMILES string of the molecule is O=C(c1ccc(COc2ccc3c(c2)C(c2ccccc2)N(C(=O)c2cccs2)CC3)o1)N1CCCC1. The summed E-state index contributed by atoms with van der Waals surface area (Å²) in [7, 11) is 0. The number of thiophene rings is 1. The van der Waals surface area contributed by atoms with Crippen LogP contribution < -0.4 is 4.74 Å². The molecule has 6 rings (SSSR count). The van der Waals surface area contributed by atoms with E-state index < -0.39 is 0 Å². The third-order valence-corrected chi connectivity index (χ3v) is 7.96. The second-order valence-electron chi connectivity index (χ2n) is 9.45. The van der Waals surface area contributed by atoms with Gasteiger partial charge in [0, 0.05) is 19.6 Å². The van der Waals surface area contributed by atoms with Gasteiger partial charge >= 0.3 is 0 Å². The van der Waals surface area contributed by atoms with Crippen molar-refractivity contribution >= 4 is 23.2 Å². The number of rotatable bonds is 6. The molecule has 0 bridgehead atoms. The van der Waals surface area contributed by atoms with Crippen molar-refractivity contribution in [2.75, 3.05) is 19.6 Å². The lowest BCUT2D eigenvalue weighted by Gasteiger charge is -2.37. The van der Waals surface area contributed by atoms with Crippen LogP contribution in [-0.2, 0) is 13.0 Å². The maximum atomic E-state index is 13.5. The summed E-state index contributed by atoms with van der Waals surface area (Å²) in [6, 6.07) is 23.4. The Bertz CT molecular complexity index is 1390. The maximum Gasteiger partial charge on any atom is 0.289 e. The molecule has 7 heteroatoms. The van der Waals surface area contributed by atoms with Crippen molar-refractivity contribution in [3.05, 3.63) is 111 Å². The molecule has 4 aromatic rings. The highest BCUT2D eigenvalue weighted by Crippen LogP contribution is 2.38. The highest BCUT2D eigenvalue weighted by Gasteiger charge is 2.33.